The summed E-state index contributed by atoms with van der Waals surface area (Å²) in [6.45, 7) is 2.04. The molecule has 0 N–H and O–H groups in total. The smallest absolute Gasteiger partial charge is 0.264 e. The monoisotopic (exact) mass is 547 g/mol. The van der Waals surface area contributed by atoms with Crippen LogP contribution < -0.4 is 9.21 Å². The first-order valence-corrected chi connectivity index (χ1v) is 13.1. The molecule has 1 saturated heterocycles. The Morgan fingerprint density at radius 1 is 0.909 bits per heavy atom. The summed E-state index contributed by atoms with van der Waals surface area (Å²) in [5.41, 5.74) is 1.45. The van der Waals surface area contributed by atoms with Crippen molar-refractivity contribution in [3.63, 3.8) is 0 Å². The van der Waals surface area contributed by atoms with E-state index in [1.165, 1.54) is 16.4 Å². The molecule has 0 spiro atoms. The Kier molecular flexibility index (Phi) is 7.26. The fourth-order valence-electron chi connectivity index (χ4n) is 3.75. The summed E-state index contributed by atoms with van der Waals surface area (Å²) in [7, 11) is -3.91. The van der Waals surface area contributed by atoms with Crippen LogP contribution in [0.4, 0.5) is 11.4 Å². The van der Waals surface area contributed by atoms with E-state index >= 15 is 0 Å². The second-order valence-electron chi connectivity index (χ2n) is 7.65. The molecule has 33 heavy (non-hydrogen) atoms. The first-order valence-electron chi connectivity index (χ1n) is 10.5. The van der Waals surface area contributed by atoms with Gasteiger partial charge in [-0.2, -0.15) is 0 Å². The summed E-state index contributed by atoms with van der Waals surface area (Å²) >= 11 is 9.48. The summed E-state index contributed by atoms with van der Waals surface area (Å²) in [4.78, 5) is 17.2. The number of anilines is 2. The fourth-order valence-corrected chi connectivity index (χ4v) is 5.64. The second-order valence-corrected chi connectivity index (χ2v) is 10.9. The van der Waals surface area contributed by atoms with Gasteiger partial charge in [0.25, 0.3) is 10.0 Å². The van der Waals surface area contributed by atoms with Crippen LogP contribution in [0.5, 0.6) is 0 Å². The van der Waals surface area contributed by atoms with Crippen molar-refractivity contribution in [2.45, 2.75) is 4.90 Å². The third kappa shape index (κ3) is 5.51. The molecule has 1 aliphatic heterocycles. The molecule has 0 atom stereocenters. The maximum Gasteiger partial charge on any atom is 0.264 e. The number of piperazine rings is 1. The fraction of sp³-hybridized carbons (Fsp3) is 0.208. The average molecular weight is 549 g/mol. The molecule has 172 valence electrons. The lowest BCUT2D eigenvalue weighted by molar-refractivity contribution is -0.129. The van der Waals surface area contributed by atoms with E-state index in [2.05, 4.69) is 20.8 Å². The van der Waals surface area contributed by atoms with Crippen molar-refractivity contribution in [2.24, 2.45) is 0 Å². The van der Waals surface area contributed by atoms with Gasteiger partial charge in [0.15, 0.2) is 0 Å². The Labute approximate surface area is 207 Å². The van der Waals surface area contributed by atoms with Crippen LogP contribution in [0, 0.1) is 0 Å². The molecular weight excluding hydrogens is 526 g/mol. The standard InChI is InChI=1S/C24H23BrClN3O3S/c25-19-9-11-21(12-10-19)29(33(31,32)23-7-2-1-3-8-23)18-24(30)28-15-13-27(14-16-28)22-6-4-5-20(26)17-22/h1-12,17H,13-16,18H2. The summed E-state index contributed by atoms with van der Waals surface area (Å²) in [5.74, 6) is -0.233. The highest BCUT2D eigenvalue weighted by Crippen LogP contribution is 2.26. The Bertz CT molecular complexity index is 1220. The molecule has 6 nitrogen and oxygen atoms in total. The topological polar surface area (TPSA) is 60.9 Å². The van der Waals surface area contributed by atoms with Crippen LogP contribution in [0.3, 0.4) is 0 Å². The number of carbonyl (C=O) groups excluding carboxylic acids is 1. The van der Waals surface area contributed by atoms with E-state index in [1.807, 2.05) is 24.3 Å². The largest absolute Gasteiger partial charge is 0.368 e. The lowest BCUT2D eigenvalue weighted by Gasteiger charge is -2.37. The van der Waals surface area contributed by atoms with Crippen LogP contribution in [0.25, 0.3) is 0 Å². The van der Waals surface area contributed by atoms with Gasteiger partial charge in [0, 0.05) is 41.4 Å². The summed E-state index contributed by atoms with van der Waals surface area (Å²) < 4.78 is 28.9. The number of carbonyl (C=O) groups is 1. The molecule has 1 heterocycles. The lowest BCUT2D eigenvalue weighted by Crippen LogP contribution is -2.52. The molecule has 1 amide bonds. The zero-order valence-corrected chi connectivity index (χ0v) is 20.9. The molecule has 3 aromatic carbocycles. The minimum Gasteiger partial charge on any atom is -0.368 e. The molecule has 3 aromatic rings. The third-order valence-electron chi connectivity index (χ3n) is 5.53. The number of nitrogens with zero attached hydrogens (tertiary/aromatic N) is 3. The van der Waals surface area contributed by atoms with Crippen LogP contribution in [0.15, 0.2) is 88.2 Å². The van der Waals surface area contributed by atoms with Gasteiger partial charge in [-0.15, -0.1) is 0 Å². The van der Waals surface area contributed by atoms with Gasteiger partial charge < -0.3 is 9.80 Å². The van der Waals surface area contributed by atoms with Crippen molar-refractivity contribution in [1.29, 1.82) is 0 Å². The molecule has 0 radical (unpaired) electrons. The number of sulfonamides is 1. The molecule has 0 saturated carbocycles. The van der Waals surface area contributed by atoms with Crippen LogP contribution in [0.2, 0.25) is 5.02 Å². The van der Waals surface area contributed by atoms with Crippen molar-refractivity contribution in [1.82, 2.24) is 4.90 Å². The molecular formula is C24H23BrClN3O3S. The highest BCUT2D eigenvalue weighted by atomic mass is 79.9. The molecule has 0 unspecified atom stereocenters. The van der Waals surface area contributed by atoms with Crippen molar-refractivity contribution < 1.29 is 13.2 Å². The second kappa shape index (κ2) is 10.2. The van der Waals surface area contributed by atoms with Gasteiger partial charge in [0.1, 0.15) is 6.54 Å². The number of amides is 1. The van der Waals surface area contributed by atoms with Gasteiger partial charge in [0.2, 0.25) is 5.91 Å². The Morgan fingerprint density at radius 2 is 1.58 bits per heavy atom. The Balaban J connectivity index is 1.52. The van der Waals surface area contributed by atoms with E-state index in [-0.39, 0.29) is 17.3 Å². The van der Waals surface area contributed by atoms with E-state index < -0.39 is 10.0 Å². The van der Waals surface area contributed by atoms with Crippen LogP contribution >= 0.6 is 27.5 Å². The van der Waals surface area contributed by atoms with E-state index in [0.717, 1.165) is 10.2 Å². The predicted octanol–water partition coefficient (Wildman–Crippen LogP) is 4.65. The summed E-state index contributed by atoms with van der Waals surface area (Å²) in [5, 5.41) is 0.669. The van der Waals surface area contributed by atoms with Gasteiger partial charge in [-0.05, 0) is 54.6 Å². The van der Waals surface area contributed by atoms with E-state index in [9.17, 15) is 13.2 Å². The molecule has 1 fully saturated rings. The van der Waals surface area contributed by atoms with Gasteiger partial charge in [0.05, 0.1) is 10.6 Å². The zero-order chi connectivity index (χ0) is 23.4. The van der Waals surface area contributed by atoms with Gasteiger partial charge in [-0.3, -0.25) is 9.10 Å². The van der Waals surface area contributed by atoms with Crippen molar-refractivity contribution in [2.75, 3.05) is 41.9 Å². The van der Waals surface area contributed by atoms with Crippen molar-refractivity contribution >= 4 is 54.8 Å². The number of hydrogen-bond donors (Lipinski definition) is 0. The maximum absolute atomic E-state index is 13.4. The predicted molar refractivity (Wildman–Crippen MR) is 135 cm³/mol. The van der Waals surface area contributed by atoms with Gasteiger partial charge in [-0.1, -0.05) is 51.8 Å². The van der Waals surface area contributed by atoms with Crippen LogP contribution in [-0.2, 0) is 14.8 Å². The van der Waals surface area contributed by atoms with E-state index in [0.29, 0.717) is 36.9 Å². The minimum absolute atomic E-state index is 0.145. The van der Waals surface area contributed by atoms with Gasteiger partial charge >= 0.3 is 0 Å². The molecule has 0 bridgehead atoms. The SMILES string of the molecule is O=C(CN(c1ccc(Br)cc1)S(=O)(=O)c1ccccc1)N1CCN(c2cccc(Cl)c2)CC1. The zero-order valence-electron chi connectivity index (χ0n) is 17.8. The maximum atomic E-state index is 13.4. The lowest BCUT2D eigenvalue weighted by atomic mass is 10.2. The Hall–Kier alpha value is -2.55. The summed E-state index contributed by atoms with van der Waals surface area (Å²) in [6, 6.07) is 22.7. The normalized spacial score (nSPS) is 14.2. The Morgan fingerprint density at radius 3 is 2.21 bits per heavy atom. The number of rotatable bonds is 6. The van der Waals surface area contributed by atoms with Crippen LogP contribution in [0.1, 0.15) is 0 Å². The molecule has 0 aliphatic carbocycles. The van der Waals surface area contributed by atoms with E-state index in [4.69, 9.17) is 11.6 Å². The number of benzene rings is 3. The molecule has 9 heteroatoms. The number of hydrogen-bond acceptors (Lipinski definition) is 4. The molecule has 0 aromatic heterocycles. The highest BCUT2D eigenvalue weighted by Gasteiger charge is 2.30. The quantitative estimate of drug-likeness (QED) is 0.450. The highest BCUT2D eigenvalue weighted by molar-refractivity contribution is 9.10. The van der Waals surface area contributed by atoms with Crippen molar-refractivity contribution in [3.05, 3.63) is 88.4 Å². The first-order chi connectivity index (χ1) is 15.8. The van der Waals surface area contributed by atoms with Crippen LogP contribution in [-0.4, -0.2) is 51.9 Å². The average Bonchev–Trinajstić information content (AvgIpc) is 2.83. The summed E-state index contributed by atoms with van der Waals surface area (Å²) in [6.07, 6.45) is 0. The first kappa shape index (κ1) is 23.6. The number of halogens is 2. The third-order valence-corrected chi connectivity index (χ3v) is 8.08. The minimum atomic E-state index is -3.91. The van der Waals surface area contributed by atoms with Crippen molar-refractivity contribution in [3.8, 4) is 0 Å². The molecule has 4 rings (SSSR count). The van der Waals surface area contributed by atoms with E-state index in [1.54, 1.807) is 47.4 Å². The molecule has 1 aliphatic rings. The van der Waals surface area contributed by atoms with Gasteiger partial charge in [-0.25, -0.2) is 8.42 Å².